The zero-order chi connectivity index (χ0) is 7.84. The van der Waals surface area contributed by atoms with E-state index in [9.17, 15) is 0 Å². The van der Waals surface area contributed by atoms with Gasteiger partial charge in [-0.25, -0.2) is 4.98 Å². The molecule has 0 unspecified atom stereocenters. The molecule has 4 nitrogen and oxygen atoms in total. The Labute approximate surface area is 67.0 Å². The van der Waals surface area contributed by atoms with Crippen molar-refractivity contribution in [3.8, 4) is 0 Å². The van der Waals surface area contributed by atoms with Gasteiger partial charge in [-0.05, 0) is 18.3 Å². The van der Waals surface area contributed by atoms with Crippen molar-refractivity contribution in [2.75, 3.05) is 5.73 Å². The molecule has 5 heteroatoms. The first-order valence-corrected chi connectivity index (χ1v) is 3.41. The number of oxazole rings is 1. The van der Waals surface area contributed by atoms with Gasteiger partial charge in [0.1, 0.15) is 5.52 Å². The fourth-order valence-corrected chi connectivity index (χ4v) is 1.05. The minimum atomic E-state index is 0.318. The van der Waals surface area contributed by atoms with Crippen LogP contribution in [0.5, 0.6) is 0 Å². The summed E-state index contributed by atoms with van der Waals surface area (Å²) in [5.41, 5.74) is 7.28. The van der Waals surface area contributed by atoms with E-state index in [0.717, 1.165) is 5.52 Å². The van der Waals surface area contributed by atoms with Gasteiger partial charge in [0, 0.05) is 0 Å². The minimum absolute atomic E-state index is 0.318. The van der Waals surface area contributed by atoms with E-state index < -0.39 is 0 Å². The van der Waals surface area contributed by atoms with Gasteiger partial charge in [0.25, 0.3) is 4.84 Å². The number of aromatic amines is 1. The molecule has 56 valence electrons. The molecule has 0 aliphatic rings. The molecular formula is C6H5N3OS. The zero-order valence-corrected chi connectivity index (χ0v) is 6.31. The summed E-state index contributed by atoms with van der Waals surface area (Å²) in [5.74, 6) is 0. The van der Waals surface area contributed by atoms with Gasteiger partial charge in [0.2, 0.25) is 5.71 Å². The third-order valence-electron chi connectivity index (χ3n) is 1.30. The number of aromatic nitrogens is 2. The van der Waals surface area contributed by atoms with Crippen molar-refractivity contribution in [2.45, 2.75) is 0 Å². The maximum absolute atomic E-state index is 5.47. The minimum Gasteiger partial charge on any atom is -0.410 e. The third kappa shape index (κ3) is 0.988. The summed E-state index contributed by atoms with van der Waals surface area (Å²) in [4.78, 5) is 7.03. The van der Waals surface area contributed by atoms with Gasteiger partial charge >= 0.3 is 0 Å². The molecule has 0 fully saturated rings. The number of rotatable bonds is 0. The smallest absolute Gasteiger partial charge is 0.268 e. The monoisotopic (exact) mass is 167 g/mol. The zero-order valence-electron chi connectivity index (χ0n) is 5.50. The molecule has 2 aromatic rings. The van der Waals surface area contributed by atoms with Crippen molar-refractivity contribution >= 4 is 29.1 Å². The van der Waals surface area contributed by atoms with Crippen LogP contribution in [0.3, 0.4) is 0 Å². The van der Waals surface area contributed by atoms with Gasteiger partial charge in [-0.2, -0.15) is 0 Å². The molecule has 11 heavy (non-hydrogen) atoms. The summed E-state index contributed by atoms with van der Waals surface area (Å²) in [6.45, 7) is 0. The average molecular weight is 167 g/mol. The Hall–Kier alpha value is -1.36. The molecule has 2 heterocycles. The highest BCUT2D eigenvalue weighted by Crippen LogP contribution is 2.12. The van der Waals surface area contributed by atoms with Gasteiger partial charge < -0.3 is 15.1 Å². The lowest BCUT2D eigenvalue weighted by Crippen LogP contribution is -1.84. The van der Waals surface area contributed by atoms with E-state index in [2.05, 4.69) is 9.97 Å². The second kappa shape index (κ2) is 2.06. The summed E-state index contributed by atoms with van der Waals surface area (Å²) in [5, 5.41) is 0. The van der Waals surface area contributed by atoms with Gasteiger partial charge in [-0.15, -0.1) is 0 Å². The molecule has 0 atom stereocenters. The molecule has 0 saturated heterocycles. The predicted molar refractivity (Wildman–Crippen MR) is 43.6 cm³/mol. The van der Waals surface area contributed by atoms with Crippen molar-refractivity contribution in [2.24, 2.45) is 0 Å². The van der Waals surface area contributed by atoms with Gasteiger partial charge in [0.05, 0.1) is 11.9 Å². The van der Waals surface area contributed by atoms with Crippen molar-refractivity contribution in [3.05, 3.63) is 17.1 Å². The summed E-state index contributed by atoms with van der Waals surface area (Å²) in [6, 6.07) is 1.72. The van der Waals surface area contributed by atoms with E-state index in [0.29, 0.717) is 16.2 Å². The molecule has 0 aliphatic carbocycles. The molecule has 0 radical (unpaired) electrons. The molecular weight excluding hydrogens is 162 g/mol. The number of H-pyrrole nitrogens is 1. The van der Waals surface area contributed by atoms with Crippen LogP contribution in [0.4, 0.5) is 5.69 Å². The van der Waals surface area contributed by atoms with Crippen LogP contribution in [0.1, 0.15) is 0 Å². The molecule has 0 saturated carbocycles. The Bertz CT molecular complexity index is 444. The first kappa shape index (κ1) is 6.36. The first-order valence-electron chi connectivity index (χ1n) is 3.00. The summed E-state index contributed by atoms with van der Waals surface area (Å²) in [6.07, 6.45) is 1.52. The topological polar surface area (TPSA) is 67.8 Å². The van der Waals surface area contributed by atoms with E-state index in [1.165, 1.54) is 6.20 Å². The van der Waals surface area contributed by atoms with Crippen LogP contribution < -0.4 is 5.73 Å². The summed E-state index contributed by atoms with van der Waals surface area (Å²) < 4.78 is 5.02. The summed E-state index contributed by atoms with van der Waals surface area (Å²) >= 11 is 4.75. The van der Waals surface area contributed by atoms with Crippen LogP contribution in [-0.2, 0) is 0 Å². The highest BCUT2D eigenvalue weighted by Gasteiger charge is 1.98. The highest BCUT2D eigenvalue weighted by atomic mass is 32.1. The van der Waals surface area contributed by atoms with Crippen LogP contribution in [0.2, 0.25) is 0 Å². The van der Waals surface area contributed by atoms with Crippen molar-refractivity contribution < 1.29 is 4.42 Å². The number of fused-ring (bicyclic) bond motifs is 1. The summed E-state index contributed by atoms with van der Waals surface area (Å²) in [7, 11) is 0. The Balaban J connectivity index is 2.92. The molecule has 2 rings (SSSR count). The number of hydrogen-bond acceptors (Lipinski definition) is 4. The van der Waals surface area contributed by atoms with Crippen molar-refractivity contribution in [1.29, 1.82) is 0 Å². The van der Waals surface area contributed by atoms with E-state index >= 15 is 0 Å². The van der Waals surface area contributed by atoms with Gasteiger partial charge in [-0.3, -0.25) is 0 Å². The van der Waals surface area contributed by atoms with Crippen LogP contribution in [0.15, 0.2) is 16.7 Å². The quantitative estimate of drug-likeness (QED) is 0.583. The van der Waals surface area contributed by atoms with Gasteiger partial charge in [-0.1, -0.05) is 0 Å². The van der Waals surface area contributed by atoms with Crippen LogP contribution in [0.25, 0.3) is 11.2 Å². The molecule has 2 aromatic heterocycles. The molecule has 0 bridgehead atoms. The number of nitrogens with two attached hydrogens (primary N) is 1. The van der Waals surface area contributed by atoms with E-state index in [1.807, 2.05) is 0 Å². The van der Waals surface area contributed by atoms with Crippen LogP contribution in [-0.4, -0.2) is 9.97 Å². The third-order valence-corrected chi connectivity index (χ3v) is 1.48. The number of anilines is 1. The Morgan fingerprint density at radius 3 is 3.27 bits per heavy atom. The maximum Gasteiger partial charge on any atom is 0.268 e. The normalized spacial score (nSPS) is 10.5. The second-order valence-corrected chi connectivity index (χ2v) is 2.51. The number of pyridine rings is 1. The lowest BCUT2D eigenvalue weighted by atomic mass is 10.4. The lowest BCUT2D eigenvalue weighted by Gasteiger charge is -1.87. The standard InChI is InChI=1S/C6H5N3OS/c7-3-1-4-5(8-2-3)10-6(11)9-4/h1-2H,7H2,(H,9,11). The highest BCUT2D eigenvalue weighted by molar-refractivity contribution is 7.71. The number of nitrogen functional groups attached to an aromatic ring is 1. The Morgan fingerprint density at radius 2 is 2.45 bits per heavy atom. The van der Waals surface area contributed by atoms with Crippen LogP contribution >= 0.6 is 12.2 Å². The van der Waals surface area contributed by atoms with E-state index in [1.54, 1.807) is 6.07 Å². The van der Waals surface area contributed by atoms with E-state index in [-0.39, 0.29) is 0 Å². The average Bonchev–Trinajstić information content (AvgIpc) is 2.27. The van der Waals surface area contributed by atoms with Gasteiger partial charge in [0.15, 0.2) is 0 Å². The molecule has 0 spiro atoms. The molecule has 0 aliphatic heterocycles. The number of nitrogens with zero attached hydrogens (tertiary/aromatic N) is 1. The van der Waals surface area contributed by atoms with Crippen molar-refractivity contribution in [1.82, 2.24) is 9.97 Å². The van der Waals surface area contributed by atoms with E-state index in [4.69, 9.17) is 22.4 Å². The fourth-order valence-electron chi connectivity index (χ4n) is 0.863. The Morgan fingerprint density at radius 1 is 1.64 bits per heavy atom. The number of hydrogen-bond donors (Lipinski definition) is 2. The fraction of sp³-hybridized carbons (Fsp3) is 0. The SMILES string of the molecule is Nc1cnc2oc(=S)[nH]c2c1. The molecule has 3 N–H and O–H groups in total. The molecule has 0 aromatic carbocycles. The van der Waals surface area contributed by atoms with Crippen molar-refractivity contribution in [3.63, 3.8) is 0 Å². The first-order chi connectivity index (χ1) is 5.25. The lowest BCUT2D eigenvalue weighted by molar-refractivity contribution is 0.572. The molecule has 0 amide bonds. The number of nitrogens with one attached hydrogen (secondary N) is 1. The second-order valence-electron chi connectivity index (χ2n) is 2.14. The largest absolute Gasteiger partial charge is 0.410 e. The van der Waals surface area contributed by atoms with Crippen LogP contribution in [0, 0.1) is 4.84 Å². The Kier molecular flexibility index (Phi) is 1.19. The predicted octanol–water partition coefficient (Wildman–Crippen LogP) is 1.47. The maximum atomic E-state index is 5.47.